The Bertz CT molecular complexity index is 390. The van der Waals surface area contributed by atoms with Crippen LogP contribution >= 0.6 is 0 Å². The summed E-state index contributed by atoms with van der Waals surface area (Å²) in [5, 5.41) is 3.53. The molecule has 0 amide bonds. The van der Waals surface area contributed by atoms with Gasteiger partial charge in [0.05, 0.1) is 19.3 Å². The van der Waals surface area contributed by atoms with Gasteiger partial charge in [-0.3, -0.25) is 0 Å². The van der Waals surface area contributed by atoms with Gasteiger partial charge in [0.25, 0.3) is 0 Å². The van der Waals surface area contributed by atoms with Crippen LogP contribution in [0.5, 0.6) is 0 Å². The van der Waals surface area contributed by atoms with Gasteiger partial charge < -0.3 is 15.0 Å². The van der Waals surface area contributed by atoms with Gasteiger partial charge in [0.1, 0.15) is 0 Å². The van der Waals surface area contributed by atoms with Crippen molar-refractivity contribution in [2.75, 3.05) is 31.2 Å². The highest BCUT2D eigenvalue weighted by Crippen LogP contribution is 2.24. The number of anilines is 1. The van der Waals surface area contributed by atoms with Crippen LogP contribution in [-0.2, 0) is 4.74 Å². The molecular weight excluding hydrogens is 248 g/mol. The minimum atomic E-state index is 0.473. The number of morpholine rings is 1. The Balaban J connectivity index is 2.10. The fourth-order valence-corrected chi connectivity index (χ4v) is 2.98. The van der Waals surface area contributed by atoms with Crippen molar-refractivity contribution in [2.45, 2.75) is 45.7 Å². The van der Waals surface area contributed by atoms with E-state index in [1.54, 1.807) is 0 Å². The molecule has 1 fully saturated rings. The molecule has 0 bridgehead atoms. The van der Waals surface area contributed by atoms with E-state index in [0.29, 0.717) is 12.1 Å². The summed E-state index contributed by atoms with van der Waals surface area (Å²) < 4.78 is 5.58. The molecule has 2 rings (SSSR count). The molecule has 0 spiro atoms. The largest absolute Gasteiger partial charge is 0.377 e. The van der Waals surface area contributed by atoms with Crippen molar-refractivity contribution in [2.24, 2.45) is 0 Å². The van der Waals surface area contributed by atoms with Gasteiger partial charge in [0.2, 0.25) is 0 Å². The van der Waals surface area contributed by atoms with Crippen LogP contribution in [0.1, 0.15) is 45.2 Å². The molecule has 3 heteroatoms. The summed E-state index contributed by atoms with van der Waals surface area (Å²) >= 11 is 0. The predicted molar refractivity (Wildman–Crippen MR) is 85.4 cm³/mol. The van der Waals surface area contributed by atoms with Crippen LogP contribution in [0, 0.1) is 0 Å². The molecule has 0 aliphatic carbocycles. The van der Waals surface area contributed by atoms with Crippen molar-refractivity contribution in [1.82, 2.24) is 5.32 Å². The van der Waals surface area contributed by atoms with Gasteiger partial charge in [0.15, 0.2) is 0 Å². The number of rotatable bonds is 6. The molecule has 1 heterocycles. The zero-order valence-corrected chi connectivity index (χ0v) is 13.1. The molecule has 3 nitrogen and oxygen atoms in total. The van der Waals surface area contributed by atoms with Gasteiger partial charge in [-0.2, -0.15) is 0 Å². The van der Waals surface area contributed by atoms with Crippen LogP contribution in [0.2, 0.25) is 0 Å². The summed E-state index contributed by atoms with van der Waals surface area (Å²) in [6.07, 6.45) is 2.26. The van der Waals surface area contributed by atoms with Crippen LogP contribution in [0.3, 0.4) is 0 Å². The Morgan fingerprint density at radius 3 is 2.60 bits per heavy atom. The fourth-order valence-electron chi connectivity index (χ4n) is 2.98. The minimum Gasteiger partial charge on any atom is -0.377 e. The highest BCUT2D eigenvalue weighted by molar-refractivity contribution is 5.49. The van der Waals surface area contributed by atoms with Crippen LogP contribution in [0.25, 0.3) is 0 Å². The molecule has 1 aliphatic rings. The second kappa shape index (κ2) is 7.65. The molecule has 1 aromatic rings. The maximum absolute atomic E-state index is 5.58. The van der Waals surface area contributed by atoms with Crippen molar-refractivity contribution >= 4 is 5.69 Å². The van der Waals surface area contributed by atoms with Crippen LogP contribution in [-0.4, -0.2) is 32.3 Å². The monoisotopic (exact) mass is 276 g/mol. The predicted octanol–water partition coefficient (Wildman–Crippen LogP) is 3.36. The Morgan fingerprint density at radius 2 is 2.00 bits per heavy atom. The average Bonchev–Trinajstić information content (AvgIpc) is 2.53. The number of ether oxygens (including phenoxy) is 1. The summed E-state index contributed by atoms with van der Waals surface area (Å²) in [4.78, 5) is 2.49. The Labute approximate surface area is 123 Å². The Hall–Kier alpha value is -1.06. The van der Waals surface area contributed by atoms with Crippen molar-refractivity contribution < 1.29 is 4.74 Å². The van der Waals surface area contributed by atoms with Crippen molar-refractivity contribution in [1.29, 1.82) is 0 Å². The van der Waals surface area contributed by atoms with E-state index >= 15 is 0 Å². The molecule has 1 aromatic carbocycles. The lowest BCUT2D eigenvalue weighted by atomic mass is 10.0. The molecule has 112 valence electrons. The van der Waals surface area contributed by atoms with Gasteiger partial charge in [-0.15, -0.1) is 0 Å². The number of nitrogens with one attached hydrogen (secondary N) is 1. The zero-order chi connectivity index (χ0) is 14.4. The lowest BCUT2D eigenvalue weighted by Gasteiger charge is -2.37. The van der Waals surface area contributed by atoms with E-state index in [-0.39, 0.29) is 0 Å². The molecule has 0 radical (unpaired) electrons. The second-order valence-corrected chi connectivity index (χ2v) is 5.44. The summed E-state index contributed by atoms with van der Waals surface area (Å²) in [5.41, 5.74) is 2.72. The maximum Gasteiger partial charge on any atom is 0.0670 e. The van der Waals surface area contributed by atoms with Crippen molar-refractivity contribution in [3.63, 3.8) is 0 Å². The van der Waals surface area contributed by atoms with Crippen LogP contribution < -0.4 is 10.2 Å². The van der Waals surface area contributed by atoms with E-state index in [9.17, 15) is 0 Å². The highest BCUT2D eigenvalue weighted by atomic mass is 16.5. The first-order chi connectivity index (χ1) is 9.80. The quantitative estimate of drug-likeness (QED) is 0.862. The van der Waals surface area contributed by atoms with Crippen LogP contribution in [0.15, 0.2) is 24.3 Å². The number of nitrogens with zero attached hydrogens (tertiary/aromatic N) is 1. The van der Waals surface area contributed by atoms with Gasteiger partial charge in [-0.1, -0.05) is 32.9 Å². The normalized spacial score (nSPS) is 20.9. The fraction of sp³-hybridized carbons (Fsp3) is 0.647. The zero-order valence-electron chi connectivity index (χ0n) is 13.1. The topological polar surface area (TPSA) is 24.5 Å². The molecule has 1 aliphatic heterocycles. The van der Waals surface area contributed by atoms with E-state index in [0.717, 1.165) is 39.1 Å². The van der Waals surface area contributed by atoms with Crippen LogP contribution in [0.4, 0.5) is 5.69 Å². The smallest absolute Gasteiger partial charge is 0.0670 e. The summed E-state index contributed by atoms with van der Waals surface area (Å²) in [6, 6.07) is 10.1. The number of hydrogen-bond acceptors (Lipinski definition) is 3. The van der Waals surface area contributed by atoms with Gasteiger partial charge in [-0.25, -0.2) is 0 Å². The van der Waals surface area contributed by atoms with E-state index in [4.69, 9.17) is 4.74 Å². The standard InChI is InChI=1S/C17H28N2O/c1-4-15-13-20-12-11-19(15)16-9-7-14(8-10-16)17(5-2)18-6-3/h7-10,15,17-18H,4-6,11-13H2,1-3H3. The highest BCUT2D eigenvalue weighted by Gasteiger charge is 2.21. The lowest BCUT2D eigenvalue weighted by Crippen LogP contribution is -2.45. The first-order valence-corrected chi connectivity index (χ1v) is 7.97. The van der Waals surface area contributed by atoms with Crippen molar-refractivity contribution in [3.8, 4) is 0 Å². The number of benzene rings is 1. The number of hydrogen-bond donors (Lipinski definition) is 1. The summed E-state index contributed by atoms with van der Waals surface area (Å²) in [5.74, 6) is 0. The molecule has 0 aromatic heterocycles. The molecule has 1 N–H and O–H groups in total. The molecule has 20 heavy (non-hydrogen) atoms. The first-order valence-electron chi connectivity index (χ1n) is 7.97. The molecule has 2 atom stereocenters. The third kappa shape index (κ3) is 3.53. The molecular formula is C17H28N2O. The van der Waals surface area contributed by atoms with Gasteiger partial charge in [-0.05, 0) is 37.1 Å². The first kappa shape index (κ1) is 15.3. The lowest BCUT2D eigenvalue weighted by molar-refractivity contribution is 0.0930. The van der Waals surface area contributed by atoms with E-state index in [1.165, 1.54) is 11.3 Å². The van der Waals surface area contributed by atoms with E-state index < -0.39 is 0 Å². The molecule has 0 saturated carbocycles. The summed E-state index contributed by atoms with van der Waals surface area (Å²) in [6.45, 7) is 10.3. The SMILES string of the molecule is CCNC(CC)c1ccc(N2CCOCC2CC)cc1. The average molecular weight is 276 g/mol. The Morgan fingerprint density at radius 1 is 1.25 bits per heavy atom. The third-order valence-corrected chi connectivity index (χ3v) is 4.18. The van der Waals surface area contributed by atoms with E-state index in [1.807, 2.05) is 0 Å². The third-order valence-electron chi connectivity index (χ3n) is 4.18. The Kier molecular flexibility index (Phi) is 5.86. The van der Waals surface area contributed by atoms with Gasteiger partial charge in [0, 0.05) is 18.3 Å². The maximum atomic E-state index is 5.58. The molecule has 2 unspecified atom stereocenters. The summed E-state index contributed by atoms with van der Waals surface area (Å²) in [7, 11) is 0. The second-order valence-electron chi connectivity index (χ2n) is 5.44. The molecule has 1 saturated heterocycles. The van der Waals surface area contributed by atoms with Crippen molar-refractivity contribution in [3.05, 3.63) is 29.8 Å². The minimum absolute atomic E-state index is 0.473. The van der Waals surface area contributed by atoms with Gasteiger partial charge >= 0.3 is 0 Å². The van der Waals surface area contributed by atoms with E-state index in [2.05, 4.69) is 55.3 Å².